The van der Waals surface area contributed by atoms with Crippen LogP contribution >= 0.6 is 0 Å². The van der Waals surface area contributed by atoms with Gasteiger partial charge in [-0.25, -0.2) is 8.93 Å². The minimum Gasteiger partial charge on any atom is -0.311 e. The molecule has 1 unspecified atom stereocenters. The number of hydrogen-bond acceptors (Lipinski definition) is 2. The number of rotatable bonds is 5. The van der Waals surface area contributed by atoms with E-state index in [2.05, 4.69) is 40.4 Å². The highest BCUT2D eigenvalue weighted by Crippen LogP contribution is 2.34. The Balaban J connectivity index is 0.00000109. The molecule has 1 aromatic carbocycles. The molecule has 2 N–H and O–H groups in total. The molecule has 0 aliphatic carbocycles. The second kappa shape index (κ2) is 9.29. The molecule has 0 saturated carbocycles. The van der Waals surface area contributed by atoms with E-state index in [1.54, 1.807) is 0 Å². The largest absolute Gasteiger partial charge is 0.311 e. The molecule has 5 atom stereocenters. The van der Waals surface area contributed by atoms with E-state index in [9.17, 15) is 4.21 Å². The van der Waals surface area contributed by atoms with Crippen molar-refractivity contribution in [3.63, 3.8) is 0 Å². The molecule has 4 heteroatoms. The first-order chi connectivity index (χ1) is 11.9. The zero-order valence-corrected chi connectivity index (χ0v) is 17.4. The van der Waals surface area contributed by atoms with Crippen molar-refractivity contribution in [1.29, 1.82) is 0 Å². The molecule has 142 valence electrons. The van der Waals surface area contributed by atoms with Crippen LogP contribution in [0.4, 0.5) is 0 Å². The van der Waals surface area contributed by atoms with Crippen LogP contribution in [0.1, 0.15) is 65.9 Å². The first-order valence-electron chi connectivity index (χ1n) is 9.90. The molecule has 0 radical (unpaired) electrons. The molecule has 2 bridgehead atoms. The Kier molecular flexibility index (Phi) is 7.66. The van der Waals surface area contributed by atoms with Crippen LogP contribution in [0.15, 0.2) is 30.3 Å². The van der Waals surface area contributed by atoms with Crippen LogP contribution in [-0.4, -0.2) is 27.1 Å². The number of nitrogens with one attached hydrogen (secondary N) is 2. The summed E-state index contributed by atoms with van der Waals surface area (Å²) in [6.45, 7) is 10.1. The topological polar surface area (TPSA) is 41.1 Å². The van der Waals surface area contributed by atoms with Crippen LogP contribution in [0, 0.1) is 5.92 Å². The lowest BCUT2D eigenvalue weighted by Gasteiger charge is -2.36. The summed E-state index contributed by atoms with van der Waals surface area (Å²) in [5.41, 5.74) is 1.33. The zero-order valence-electron chi connectivity index (χ0n) is 16.5. The second-order valence-corrected chi connectivity index (χ2v) is 10.2. The lowest BCUT2D eigenvalue weighted by molar-refractivity contribution is 0.250. The molecule has 1 aromatic rings. The minimum absolute atomic E-state index is 0.221. The van der Waals surface area contributed by atoms with Crippen molar-refractivity contribution in [3.05, 3.63) is 35.9 Å². The van der Waals surface area contributed by atoms with E-state index in [0.717, 1.165) is 6.42 Å². The van der Waals surface area contributed by atoms with Crippen molar-refractivity contribution in [1.82, 2.24) is 10.0 Å². The van der Waals surface area contributed by atoms with Crippen molar-refractivity contribution in [2.45, 2.75) is 89.6 Å². The van der Waals surface area contributed by atoms with E-state index in [1.807, 2.05) is 34.6 Å². The van der Waals surface area contributed by atoms with Gasteiger partial charge in [-0.2, -0.15) is 0 Å². The average Bonchev–Trinajstić information content (AvgIpc) is 2.94. The summed E-state index contributed by atoms with van der Waals surface area (Å²) < 4.78 is 15.9. The molecule has 0 spiro atoms. The predicted octanol–water partition coefficient (Wildman–Crippen LogP) is 4.21. The van der Waals surface area contributed by atoms with Gasteiger partial charge in [0.15, 0.2) is 0 Å². The van der Waals surface area contributed by atoms with Crippen LogP contribution < -0.4 is 10.0 Å². The fraction of sp³-hybridized carbons (Fsp3) is 0.714. The van der Waals surface area contributed by atoms with Crippen LogP contribution in [0.5, 0.6) is 0 Å². The van der Waals surface area contributed by atoms with Gasteiger partial charge in [-0.15, -0.1) is 0 Å². The molecule has 0 aromatic heterocycles. The number of hydrogen-bond donors (Lipinski definition) is 2. The SMILES string of the molecule is CC.CC(C)(C)[S@](=O)N[C@H](Cc1ccccc1)C1C[C@H]2CC[C@@H](C1)N2. The molecule has 3 rings (SSSR count). The number of piperidine rings is 1. The zero-order chi connectivity index (χ0) is 18.4. The van der Waals surface area contributed by atoms with Crippen LogP contribution in [0.3, 0.4) is 0 Å². The molecular weight excluding hydrogens is 328 g/mol. The lowest BCUT2D eigenvalue weighted by Crippen LogP contribution is -2.49. The normalized spacial score (nSPS) is 28.0. The van der Waals surface area contributed by atoms with Gasteiger partial charge < -0.3 is 5.32 Å². The van der Waals surface area contributed by atoms with Gasteiger partial charge in [0.1, 0.15) is 0 Å². The van der Waals surface area contributed by atoms with Crippen molar-refractivity contribution in [3.8, 4) is 0 Å². The second-order valence-electron chi connectivity index (χ2n) is 8.16. The standard InChI is InChI=1S/C19H30N2OS.C2H6/c1-19(2,3)23(22)21-18(11-14-7-5-4-6-8-14)15-12-16-9-10-17(13-15)20-16;1-2/h4-8,15-18,20-21H,9-13H2,1-3H3;1-2H3/t15?,16-,17+,18-,23+;/m1./s1. The quantitative estimate of drug-likeness (QED) is 0.822. The molecule has 3 nitrogen and oxygen atoms in total. The fourth-order valence-corrected chi connectivity index (χ4v) is 4.82. The maximum absolute atomic E-state index is 12.7. The molecular formula is C21H36N2OS. The molecule has 0 amide bonds. The van der Waals surface area contributed by atoms with E-state index in [-0.39, 0.29) is 4.75 Å². The Bertz CT molecular complexity index is 529. The molecule has 2 aliphatic heterocycles. The van der Waals surface area contributed by atoms with E-state index in [4.69, 9.17) is 0 Å². The van der Waals surface area contributed by atoms with E-state index < -0.39 is 11.0 Å². The van der Waals surface area contributed by atoms with Gasteiger partial charge in [0.25, 0.3) is 0 Å². The third-order valence-electron chi connectivity index (χ3n) is 5.19. The summed E-state index contributed by atoms with van der Waals surface area (Å²) in [5.74, 6) is 0.611. The van der Waals surface area contributed by atoms with Gasteiger partial charge in [-0.3, -0.25) is 0 Å². The first kappa shape index (κ1) is 20.6. The Hall–Kier alpha value is -0.710. The minimum atomic E-state index is -1.02. The van der Waals surface area contributed by atoms with Crippen molar-refractivity contribution in [2.75, 3.05) is 0 Å². The first-order valence-corrected chi connectivity index (χ1v) is 11.0. The van der Waals surface area contributed by atoms with Crippen LogP contribution in [-0.2, 0) is 17.4 Å². The van der Waals surface area contributed by atoms with Gasteiger partial charge in [-0.1, -0.05) is 44.2 Å². The highest BCUT2D eigenvalue weighted by molar-refractivity contribution is 7.84. The molecule has 2 aliphatic rings. The molecule has 2 fully saturated rings. The predicted molar refractivity (Wildman–Crippen MR) is 109 cm³/mol. The van der Waals surface area contributed by atoms with E-state index >= 15 is 0 Å². The number of fused-ring (bicyclic) bond motifs is 2. The van der Waals surface area contributed by atoms with Gasteiger partial charge in [-0.05, 0) is 64.4 Å². The van der Waals surface area contributed by atoms with Gasteiger partial charge in [0.05, 0.1) is 15.7 Å². The summed E-state index contributed by atoms with van der Waals surface area (Å²) in [4.78, 5) is 0. The molecule has 2 heterocycles. The summed E-state index contributed by atoms with van der Waals surface area (Å²) in [6, 6.07) is 12.3. The van der Waals surface area contributed by atoms with Gasteiger partial charge in [0.2, 0.25) is 0 Å². The monoisotopic (exact) mass is 364 g/mol. The summed E-state index contributed by atoms with van der Waals surface area (Å²) >= 11 is 0. The van der Waals surface area contributed by atoms with E-state index in [0.29, 0.717) is 24.0 Å². The Morgan fingerprint density at radius 3 is 2.20 bits per heavy atom. The van der Waals surface area contributed by atoms with Crippen LogP contribution in [0.25, 0.3) is 0 Å². The third kappa shape index (κ3) is 5.90. The third-order valence-corrected chi connectivity index (χ3v) is 6.82. The summed E-state index contributed by atoms with van der Waals surface area (Å²) in [7, 11) is -1.02. The number of benzene rings is 1. The Labute approximate surface area is 157 Å². The van der Waals surface area contributed by atoms with Gasteiger partial charge >= 0.3 is 0 Å². The highest BCUT2D eigenvalue weighted by Gasteiger charge is 2.38. The van der Waals surface area contributed by atoms with Crippen LogP contribution in [0.2, 0.25) is 0 Å². The van der Waals surface area contributed by atoms with Gasteiger partial charge in [0, 0.05) is 18.1 Å². The highest BCUT2D eigenvalue weighted by atomic mass is 32.2. The van der Waals surface area contributed by atoms with Crippen molar-refractivity contribution in [2.24, 2.45) is 5.92 Å². The summed E-state index contributed by atoms with van der Waals surface area (Å²) in [6.07, 6.45) is 6.00. The van der Waals surface area contributed by atoms with E-state index in [1.165, 1.54) is 31.2 Å². The Morgan fingerprint density at radius 2 is 1.68 bits per heavy atom. The van der Waals surface area contributed by atoms with Crippen molar-refractivity contribution < 1.29 is 4.21 Å². The van der Waals surface area contributed by atoms with Crippen molar-refractivity contribution >= 4 is 11.0 Å². The average molecular weight is 365 g/mol. The summed E-state index contributed by atoms with van der Waals surface area (Å²) in [5, 5.41) is 3.72. The smallest absolute Gasteiger partial charge is 0.0972 e. The maximum atomic E-state index is 12.7. The maximum Gasteiger partial charge on any atom is 0.0972 e. The molecule has 2 saturated heterocycles. The fourth-order valence-electron chi connectivity index (χ4n) is 3.92. The lowest BCUT2D eigenvalue weighted by atomic mass is 9.84. The Morgan fingerprint density at radius 1 is 1.12 bits per heavy atom. The molecule has 25 heavy (non-hydrogen) atoms.